The zero-order chi connectivity index (χ0) is 22.0. The fourth-order valence-corrected chi connectivity index (χ4v) is 7.02. The second kappa shape index (κ2) is 7.20. The molecule has 2 heterocycles. The molecule has 4 fully saturated rings. The molecule has 1 aromatic heterocycles. The molecule has 4 N–H and O–H groups in total. The fourth-order valence-electron chi connectivity index (χ4n) is 7.02. The Bertz CT molecular complexity index is 963. The molecule has 1 aliphatic heterocycles. The highest BCUT2D eigenvalue weighted by molar-refractivity contribution is 5.99. The van der Waals surface area contributed by atoms with Gasteiger partial charge in [0.2, 0.25) is 0 Å². The fraction of sp³-hybridized carbons (Fsp3) is 0.727. The first kappa shape index (κ1) is 20.8. The monoisotopic (exact) mass is 434 g/mol. The number of hydrogen-bond donors (Lipinski definition) is 4. The van der Waals surface area contributed by atoms with E-state index in [1.165, 1.54) is 4.57 Å². The highest BCUT2D eigenvalue weighted by Gasteiger charge is 2.58. The molecule has 2 atom stereocenters. The van der Waals surface area contributed by atoms with Crippen LogP contribution in [-0.2, 0) is 13.1 Å². The molecule has 4 bridgehead atoms. The molecule has 0 spiro atoms. The molecule has 2 unspecified atom stereocenters. The number of anilines is 1. The summed E-state index contributed by atoms with van der Waals surface area (Å²) in [6.07, 6.45) is 5.55. The van der Waals surface area contributed by atoms with Gasteiger partial charge in [-0.15, -0.1) is 0 Å². The lowest BCUT2D eigenvalue weighted by atomic mass is 9.51. The van der Waals surface area contributed by atoms with Crippen molar-refractivity contribution in [3.05, 3.63) is 21.6 Å². The standard InChI is InChI=1S/C22H31FN4O4/c1-26-17-15(11-24-26)27(5-3-2-4-23)20(30)16(18(17)28)19(29)25-21-7-13-6-14(8-21)10-22(31,9-13)12-21/h13-14,24,28,31H,2-12H2,1H3,(H,25,29). The number of nitrogens with one attached hydrogen (secondary N) is 2. The summed E-state index contributed by atoms with van der Waals surface area (Å²) in [6.45, 7) is 0.178. The van der Waals surface area contributed by atoms with Gasteiger partial charge in [0, 0.05) is 19.1 Å². The van der Waals surface area contributed by atoms with Gasteiger partial charge in [0.15, 0.2) is 5.75 Å². The van der Waals surface area contributed by atoms with Crippen LogP contribution in [0.1, 0.15) is 67.4 Å². The lowest BCUT2D eigenvalue weighted by Crippen LogP contribution is -2.65. The average Bonchev–Trinajstić information content (AvgIpc) is 3.04. The van der Waals surface area contributed by atoms with E-state index in [0.29, 0.717) is 49.0 Å². The van der Waals surface area contributed by atoms with Gasteiger partial charge in [-0.3, -0.25) is 14.0 Å². The van der Waals surface area contributed by atoms with Gasteiger partial charge in [-0.1, -0.05) is 0 Å². The largest absolute Gasteiger partial charge is 0.505 e. The lowest BCUT2D eigenvalue weighted by Gasteiger charge is -2.60. The first-order valence-corrected chi connectivity index (χ1v) is 11.3. The van der Waals surface area contributed by atoms with Gasteiger partial charge in [0.25, 0.3) is 11.5 Å². The Balaban J connectivity index is 1.50. The van der Waals surface area contributed by atoms with Gasteiger partial charge in [0.1, 0.15) is 11.3 Å². The van der Waals surface area contributed by atoms with E-state index in [1.54, 1.807) is 12.1 Å². The molecule has 1 aromatic rings. The third-order valence-corrected chi connectivity index (χ3v) is 7.74. The number of aromatic hydroxyl groups is 1. The summed E-state index contributed by atoms with van der Waals surface area (Å²) in [7, 11) is 1.72. The van der Waals surface area contributed by atoms with Crippen LogP contribution in [0.4, 0.5) is 10.1 Å². The van der Waals surface area contributed by atoms with Crippen molar-refractivity contribution in [2.24, 2.45) is 11.8 Å². The van der Waals surface area contributed by atoms with Crippen LogP contribution in [0.5, 0.6) is 5.75 Å². The normalized spacial score (nSPS) is 33.1. The molecule has 170 valence electrons. The Morgan fingerprint density at radius 1 is 1.26 bits per heavy atom. The number of carbonyl (C=O) groups is 1. The summed E-state index contributed by atoms with van der Waals surface area (Å²) < 4.78 is 14.1. The Morgan fingerprint density at radius 2 is 1.97 bits per heavy atom. The molecule has 31 heavy (non-hydrogen) atoms. The first-order chi connectivity index (χ1) is 14.7. The van der Waals surface area contributed by atoms with Gasteiger partial charge in [-0.05, 0) is 63.2 Å². The Hall–Kier alpha value is -2.13. The Morgan fingerprint density at radius 3 is 2.61 bits per heavy atom. The van der Waals surface area contributed by atoms with Crippen LogP contribution in [-0.4, -0.2) is 45.5 Å². The molecule has 9 heteroatoms. The van der Waals surface area contributed by atoms with Crippen molar-refractivity contribution in [2.45, 2.75) is 75.6 Å². The van der Waals surface area contributed by atoms with Gasteiger partial charge in [-0.25, -0.2) is 5.43 Å². The number of hydrazine groups is 1. The summed E-state index contributed by atoms with van der Waals surface area (Å²) in [5, 5.41) is 26.6. The smallest absolute Gasteiger partial charge is 0.267 e. The van der Waals surface area contributed by atoms with Crippen molar-refractivity contribution in [3.63, 3.8) is 0 Å². The van der Waals surface area contributed by atoms with Gasteiger partial charge < -0.3 is 25.1 Å². The average molecular weight is 435 g/mol. The third-order valence-electron chi connectivity index (χ3n) is 7.74. The maximum atomic E-state index is 13.4. The number of fused-ring (bicyclic) bond motifs is 1. The minimum absolute atomic E-state index is 0.266. The lowest BCUT2D eigenvalue weighted by molar-refractivity contribution is -0.139. The first-order valence-electron chi connectivity index (χ1n) is 11.3. The molecule has 0 radical (unpaired) electrons. The van der Waals surface area contributed by atoms with E-state index in [4.69, 9.17) is 0 Å². The van der Waals surface area contributed by atoms with Crippen LogP contribution in [0.2, 0.25) is 0 Å². The predicted octanol–water partition coefficient (Wildman–Crippen LogP) is 1.57. The minimum atomic E-state index is -0.742. The molecule has 0 saturated heterocycles. The molecule has 4 saturated carbocycles. The number of pyridine rings is 1. The predicted molar refractivity (Wildman–Crippen MR) is 113 cm³/mol. The van der Waals surface area contributed by atoms with Crippen LogP contribution in [0.25, 0.3) is 0 Å². The van der Waals surface area contributed by atoms with E-state index in [1.807, 2.05) is 0 Å². The van der Waals surface area contributed by atoms with E-state index >= 15 is 0 Å². The number of rotatable bonds is 6. The number of halogens is 1. The summed E-state index contributed by atoms with van der Waals surface area (Å²) in [4.78, 5) is 26.7. The summed E-state index contributed by atoms with van der Waals surface area (Å²) >= 11 is 0. The topological polar surface area (TPSA) is 107 Å². The van der Waals surface area contributed by atoms with Crippen molar-refractivity contribution in [1.82, 2.24) is 15.3 Å². The summed E-state index contributed by atoms with van der Waals surface area (Å²) in [6, 6.07) is 0. The highest BCUT2D eigenvalue weighted by atomic mass is 19.1. The maximum Gasteiger partial charge on any atom is 0.267 e. The van der Waals surface area contributed by atoms with E-state index in [2.05, 4.69) is 10.7 Å². The second-order valence-corrected chi connectivity index (χ2v) is 10.2. The van der Waals surface area contributed by atoms with Gasteiger partial charge in [0.05, 0.1) is 24.5 Å². The molecule has 5 aliphatic rings. The molecular formula is C22H31FN4O4. The number of nitrogens with zero attached hydrogens (tertiary/aromatic N) is 2. The molecule has 6 rings (SSSR count). The SMILES string of the molecule is CN1NCc2c1c(O)c(C(=O)NC13CC4CC(CC(O)(C4)C1)C3)c(=O)n2CCCCF. The Labute approximate surface area is 180 Å². The number of carbonyl (C=O) groups excluding carboxylic acids is 1. The van der Waals surface area contributed by atoms with Gasteiger partial charge >= 0.3 is 0 Å². The van der Waals surface area contributed by atoms with Crippen LogP contribution < -0.4 is 21.3 Å². The molecule has 1 amide bonds. The van der Waals surface area contributed by atoms with E-state index < -0.39 is 29.3 Å². The Kier molecular flexibility index (Phi) is 4.82. The zero-order valence-electron chi connectivity index (χ0n) is 17.9. The van der Waals surface area contributed by atoms with Crippen LogP contribution in [0, 0.1) is 11.8 Å². The molecule has 8 nitrogen and oxygen atoms in total. The van der Waals surface area contributed by atoms with Crippen molar-refractivity contribution < 1.29 is 19.4 Å². The zero-order valence-corrected chi connectivity index (χ0v) is 17.9. The highest BCUT2D eigenvalue weighted by Crippen LogP contribution is 2.57. The summed E-state index contributed by atoms with van der Waals surface area (Å²) in [5.41, 5.74) is 1.98. The number of aromatic nitrogens is 1. The number of unbranched alkanes of at least 4 members (excludes halogenated alkanes) is 1. The van der Waals surface area contributed by atoms with Crippen LogP contribution >= 0.6 is 0 Å². The minimum Gasteiger partial charge on any atom is -0.505 e. The van der Waals surface area contributed by atoms with Gasteiger partial charge in [-0.2, -0.15) is 0 Å². The van der Waals surface area contributed by atoms with E-state index in [-0.39, 0.29) is 17.9 Å². The van der Waals surface area contributed by atoms with Crippen LogP contribution in [0.15, 0.2) is 4.79 Å². The quantitative estimate of drug-likeness (QED) is 0.507. The maximum absolute atomic E-state index is 13.4. The van der Waals surface area contributed by atoms with Crippen molar-refractivity contribution in [1.29, 1.82) is 0 Å². The number of hydrogen-bond acceptors (Lipinski definition) is 6. The molecule has 4 aliphatic carbocycles. The van der Waals surface area contributed by atoms with Crippen molar-refractivity contribution in [2.75, 3.05) is 18.7 Å². The third kappa shape index (κ3) is 3.33. The number of alkyl halides is 1. The van der Waals surface area contributed by atoms with E-state index in [0.717, 1.165) is 32.1 Å². The van der Waals surface area contributed by atoms with Crippen molar-refractivity contribution in [3.8, 4) is 5.75 Å². The number of aliphatic hydroxyl groups is 1. The summed E-state index contributed by atoms with van der Waals surface area (Å²) in [5.74, 6) is -0.147. The molecular weight excluding hydrogens is 403 g/mol. The van der Waals surface area contributed by atoms with Crippen LogP contribution in [0.3, 0.4) is 0 Å². The van der Waals surface area contributed by atoms with E-state index in [9.17, 15) is 24.2 Å². The second-order valence-electron chi connectivity index (χ2n) is 10.2. The number of amides is 1. The molecule has 0 aromatic carbocycles. The van der Waals surface area contributed by atoms with Crippen molar-refractivity contribution >= 4 is 11.6 Å².